The van der Waals surface area contributed by atoms with Gasteiger partial charge in [-0.05, 0) is 42.6 Å². The van der Waals surface area contributed by atoms with Crippen molar-refractivity contribution in [1.29, 1.82) is 0 Å². The lowest BCUT2D eigenvalue weighted by molar-refractivity contribution is 0.0775. The Hall–Kier alpha value is -1.99. The lowest BCUT2D eigenvalue weighted by Crippen LogP contribution is -2.40. The molecule has 7 heteroatoms. The van der Waals surface area contributed by atoms with Gasteiger partial charge in [-0.1, -0.05) is 24.3 Å². The monoisotopic (exact) mass is 387 g/mol. The van der Waals surface area contributed by atoms with Gasteiger partial charge in [0.2, 0.25) is 10.0 Å². The van der Waals surface area contributed by atoms with Crippen LogP contribution in [0.25, 0.3) is 10.8 Å². The zero-order chi connectivity index (χ0) is 19.0. The Morgan fingerprint density at radius 3 is 2.48 bits per heavy atom. The van der Waals surface area contributed by atoms with Gasteiger partial charge in [0.1, 0.15) is 5.69 Å². The zero-order valence-corrected chi connectivity index (χ0v) is 16.4. The van der Waals surface area contributed by atoms with Crippen LogP contribution in [0.5, 0.6) is 0 Å². The van der Waals surface area contributed by atoms with Crippen molar-refractivity contribution in [2.45, 2.75) is 19.3 Å². The van der Waals surface area contributed by atoms with Crippen LogP contribution in [0, 0.1) is 11.8 Å². The SMILES string of the molecule is CS(=O)(=O)N1CCC(C2CCN(C(=O)c3nccc4ccccc34)C2)CC1. The fraction of sp³-hybridized carbons (Fsp3) is 0.500. The van der Waals surface area contributed by atoms with E-state index < -0.39 is 10.0 Å². The summed E-state index contributed by atoms with van der Waals surface area (Å²) in [5, 5.41) is 1.93. The highest BCUT2D eigenvalue weighted by atomic mass is 32.2. The van der Waals surface area contributed by atoms with E-state index >= 15 is 0 Å². The van der Waals surface area contributed by atoms with Crippen molar-refractivity contribution < 1.29 is 13.2 Å². The highest BCUT2D eigenvalue weighted by Gasteiger charge is 2.35. The zero-order valence-electron chi connectivity index (χ0n) is 15.5. The number of nitrogens with zero attached hydrogens (tertiary/aromatic N) is 3. The standard InChI is InChI=1S/C20H25N3O3S/c1-27(25,26)23-12-8-15(9-13-23)17-7-11-22(14-17)20(24)19-18-5-3-2-4-16(18)6-10-21-19/h2-6,10,15,17H,7-9,11-14H2,1H3. The van der Waals surface area contributed by atoms with Gasteiger partial charge in [0, 0.05) is 37.8 Å². The molecule has 1 amide bonds. The summed E-state index contributed by atoms with van der Waals surface area (Å²) in [4.78, 5) is 19.3. The molecule has 0 bridgehead atoms. The lowest BCUT2D eigenvalue weighted by atomic mass is 9.84. The summed E-state index contributed by atoms with van der Waals surface area (Å²) in [7, 11) is -3.09. The van der Waals surface area contributed by atoms with Gasteiger partial charge in [-0.15, -0.1) is 0 Å². The van der Waals surface area contributed by atoms with E-state index in [9.17, 15) is 13.2 Å². The largest absolute Gasteiger partial charge is 0.337 e. The van der Waals surface area contributed by atoms with Crippen molar-refractivity contribution >= 4 is 26.7 Å². The van der Waals surface area contributed by atoms with Crippen LogP contribution in [0.15, 0.2) is 36.5 Å². The summed E-state index contributed by atoms with van der Waals surface area (Å²) < 4.78 is 24.9. The summed E-state index contributed by atoms with van der Waals surface area (Å²) in [6, 6.07) is 9.77. The predicted molar refractivity (Wildman–Crippen MR) is 105 cm³/mol. The van der Waals surface area contributed by atoms with Gasteiger partial charge in [0.05, 0.1) is 6.26 Å². The molecule has 0 N–H and O–H groups in total. The Morgan fingerprint density at radius 1 is 1.04 bits per heavy atom. The minimum absolute atomic E-state index is 0.00266. The molecule has 6 nitrogen and oxygen atoms in total. The average Bonchev–Trinajstić information content (AvgIpc) is 3.16. The molecular weight excluding hydrogens is 362 g/mol. The maximum Gasteiger partial charge on any atom is 0.273 e. The van der Waals surface area contributed by atoms with E-state index in [2.05, 4.69) is 4.98 Å². The van der Waals surface area contributed by atoms with Gasteiger partial charge in [-0.3, -0.25) is 9.78 Å². The maximum absolute atomic E-state index is 13.0. The highest BCUT2D eigenvalue weighted by Crippen LogP contribution is 2.33. The highest BCUT2D eigenvalue weighted by molar-refractivity contribution is 7.88. The number of fused-ring (bicyclic) bond motifs is 1. The summed E-state index contributed by atoms with van der Waals surface area (Å²) in [6.07, 6.45) is 5.73. The number of hydrogen-bond acceptors (Lipinski definition) is 4. The number of benzene rings is 1. The molecule has 2 aliphatic heterocycles. The van der Waals surface area contributed by atoms with Gasteiger partial charge < -0.3 is 4.90 Å². The van der Waals surface area contributed by atoms with Crippen LogP contribution in [0.2, 0.25) is 0 Å². The maximum atomic E-state index is 13.0. The second kappa shape index (κ2) is 7.20. The van der Waals surface area contributed by atoms with Crippen LogP contribution in [0.1, 0.15) is 29.8 Å². The molecule has 0 radical (unpaired) electrons. The molecule has 0 spiro atoms. The van der Waals surface area contributed by atoms with Crippen LogP contribution >= 0.6 is 0 Å². The second-order valence-electron chi connectivity index (χ2n) is 7.68. The first-order chi connectivity index (χ1) is 12.9. The molecule has 27 heavy (non-hydrogen) atoms. The number of carbonyl (C=O) groups is 1. The number of aromatic nitrogens is 1. The topological polar surface area (TPSA) is 70.6 Å². The molecule has 3 heterocycles. The van der Waals surface area contributed by atoms with Crippen LogP contribution in [0.4, 0.5) is 0 Å². The number of hydrogen-bond donors (Lipinski definition) is 0. The summed E-state index contributed by atoms with van der Waals surface area (Å²) >= 11 is 0. The van der Waals surface area contributed by atoms with Crippen molar-refractivity contribution in [3.05, 3.63) is 42.2 Å². The second-order valence-corrected chi connectivity index (χ2v) is 9.66. The average molecular weight is 388 g/mol. The number of amides is 1. The minimum Gasteiger partial charge on any atom is -0.337 e. The molecule has 1 atom stereocenters. The minimum atomic E-state index is -3.09. The van der Waals surface area contributed by atoms with Gasteiger partial charge in [0.15, 0.2) is 0 Å². The van der Waals surface area contributed by atoms with E-state index in [0.29, 0.717) is 30.6 Å². The van der Waals surface area contributed by atoms with Crippen molar-refractivity contribution in [3.8, 4) is 0 Å². The van der Waals surface area contributed by atoms with E-state index in [-0.39, 0.29) is 5.91 Å². The Labute approximate surface area is 160 Å². The van der Waals surface area contributed by atoms with Crippen LogP contribution in [0.3, 0.4) is 0 Å². The summed E-state index contributed by atoms with van der Waals surface area (Å²) in [5.41, 5.74) is 0.528. The van der Waals surface area contributed by atoms with Crippen molar-refractivity contribution in [2.75, 3.05) is 32.4 Å². The number of piperidine rings is 1. The first-order valence-corrected chi connectivity index (χ1v) is 11.4. The predicted octanol–water partition coefficient (Wildman–Crippen LogP) is 2.37. The number of pyridine rings is 1. The van der Waals surface area contributed by atoms with Crippen molar-refractivity contribution in [2.24, 2.45) is 11.8 Å². The van der Waals surface area contributed by atoms with E-state index in [0.717, 1.165) is 43.1 Å². The molecule has 2 aromatic rings. The molecule has 2 fully saturated rings. The molecule has 1 aromatic heterocycles. The number of sulfonamides is 1. The number of carbonyl (C=O) groups excluding carboxylic acids is 1. The Balaban J connectivity index is 1.43. The smallest absolute Gasteiger partial charge is 0.273 e. The third-order valence-electron chi connectivity index (χ3n) is 6.02. The normalized spacial score (nSPS) is 22.4. The molecule has 0 saturated carbocycles. The summed E-state index contributed by atoms with van der Waals surface area (Å²) in [6.45, 7) is 2.69. The first-order valence-electron chi connectivity index (χ1n) is 9.51. The van der Waals surface area contributed by atoms with Crippen LogP contribution in [-0.2, 0) is 10.0 Å². The molecular formula is C20H25N3O3S. The quantitative estimate of drug-likeness (QED) is 0.811. The fourth-order valence-electron chi connectivity index (χ4n) is 4.48. The molecule has 1 unspecified atom stereocenters. The van der Waals surface area contributed by atoms with Crippen molar-refractivity contribution in [3.63, 3.8) is 0 Å². The van der Waals surface area contributed by atoms with Gasteiger partial charge in [0.25, 0.3) is 5.91 Å². The van der Waals surface area contributed by atoms with E-state index in [1.165, 1.54) is 6.26 Å². The molecule has 2 aliphatic rings. The molecule has 144 valence electrons. The fourth-order valence-corrected chi connectivity index (χ4v) is 5.35. The molecule has 2 saturated heterocycles. The Bertz CT molecular complexity index is 947. The Morgan fingerprint density at radius 2 is 1.74 bits per heavy atom. The van der Waals surface area contributed by atoms with Crippen LogP contribution in [-0.4, -0.2) is 60.9 Å². The van der Waals surface area contributed by atoms with Gasteiger partial charge >= 0.3 is 0 Å². The first kappa shape index (κ1) is 18.4. The Kier molecular flexibility index (Phi) is 4.90. The third kappa shape index (κ3) is 3.71. The lowest BCUT2D eigenvalue weighted by Gasteiger charge is -2.33. The number of rotatable bonds is 3. The van der Waals surface area contributed by atoms with E-state index in [4.69, 9.17) is 0 Å². The van der Waals surface area contributed by atoms with Crippen molar-refractivity contribution in [1.82, 2.24) is 14.2 Å². The molecule has 1 aromatic carbocycles. The molecule has 4 rings (SSSR count). The number of likely N-dealkylation sites (tertiary alicyclic amines) is 1. The van der Waals surface area contributed by atoms with Gasteiger partial charge in [-0.2, -0.15) is 0 Å². The van der Waals surface area contributed by atoms with E-state index in [1.54, 1.807) is 10.5 Å². The molecule has 0 aliphatic carbocycles. The summed E-state index contributed by atoms with van der Waals surface area (Å²) in [5.74, 6) is 0.940. The van der Waals surface area contributed by atoms with Crippen LogP contribution < -0.4 is 0 Å². The van der Waals surface area contributed by atoms with Gasteiger partial charge in [-0.25, -0.2) is 12.7 Å². The van der Waals surface area contributed by atoms with E-state index in [1.807, 2.05) is 35.2 Å². The third-order valence-corrected chi connectivity index (χ3v) is 7.33.